The molecule has 0 amide bonds. The van der Waals surface area contributed by atoms with Crippen LogP contribution in [0, 0.1) is 0 Å². The molecule has 0 spiro atoms. The summed E-state index contributed by atoms with van der Waals surface area (Å²) < 4.78 is 25.5. The monoisotopic (exact) mass is 474 g/mol. The van der Waals surface area contributed by atoms with Gasteiger partial charge in [-0.15, -0.1) is 0 Å². The van der Waals surface area contributed by atoms with Gasteiger partial charge in [0.2, 0.25) is 0 Å². The van der Waals surface area contributed by atoms with Crippen molar-refractivity contribution in [2.45, 2.75) is 52.4 Å². The fraction of sp³-hybridized carbons (Fsp3) is 0.250. The molecule has 0 aliphatic rings. The Labute approximate surface area is 206 Å². The van der Waals surface area contributed by atoms with Gasteiger partial charge in [0.05, 0.1) is 10.8 Å². The van der Waals surface area contributed by atoms with Crippen molar-refractivity contribution in [2.24, 2.45) is 0 Å². The highest BCUT2D eigenvalue weighted by molar-refractivity contribution is 6.33. The molecule has 0 atom stereocenters. The Morgan fingerprint density at radius 2 is 0.861 bits per heavy atom. The highest BCUT2D eigenvalue weighted by Crippen LogP contribution is 2.46. The van der Waals surface area contributed by atoms with Crippen LogP contribution in [-0.2, 0) is 10.8 Å². The van der Waals surface area contributed by atoms with Gasteiger partial charge in [0.15, 0.2) is 22.3 Å². The number of rotatable bonds is 0. The molecule has 0 aliphatic carbocycles. The summed E-state index contributed by atoms with van der Waals surface area (Å²) in [6.07, 6.45) is 0. The van der Waals surface area contributed by atoms with E-state index in [0.717, 1.165) is 77.3 Å². The average molecular weight is 475 g/mol. The third-order valence-electron chi connectivity index (χ3n) is 7.59. The molecule has 0 aliphatic heterocycles. The SMILES string of the molecule is CC(C)(C)c1cc2oc3c(cc4ccc5c6oc7cc(C(C)(C)C)oc7c6cc6ccc3c4c65)c2o1. The van der Waals surface area contributed by atoms with Crippen molar-refractivity contribution in [2.75, 3.05) is 0 Å². The van der Waals surface area contributed by atoms with Gasteiger partial charge < -0.3 is 17.7 Å². The van der Waals surface area contributed by atoms with E-state index < -0.39 is 0 Å². The van der Waals surface area contributed by atoms with Gasteiger partial charge in [0, 0.05) is 44.5 Å². The van der Waals surface area contributed by atoms with Crippen molar-refractivity contribution < 1.29 is 17.7 Å². The molecular formula is C32H26O4. The largest absolute Gasteiger partial charge is 0.456 e. The molecule has 4 heterocycles. The van der Waals surface area contributed by atoms with Crippen LogP contribution < -0.4 is 0 Å². The Morgan fingerprint density at radius 3 is 1.25 bits per heavy atom. The first kappa shape index (κ1) is 20.3. The lowest BCUT2D eigenvalue weighted by atomic mass is 9.92. The minimum absolute atomic E-state index is 0.0781. The van der Waals surface area contributed by atoms with E-state index in [4.69, 9.17) is 17.7 Å². The highest BCUT2D eigenvalue weighted by Gasteiger charge is 2.26. The van der Waals surface area contributed by atoms with Crippen LogP contribution in [0.25, 0.3) is 76.6 Å². The van der Waals surface area contributed by atoms with E-state index in [1.54, 1.807) is 0 Å². The second-order valence-electron chi connectivity index (χ2n) is 12.2. The van der Waals surface area contributed by atoms with Gasteiger partial charge in [-0.25, -0.2) is 0 Å². The first-order chi connectivity index (χ1) is 17.1. The molecular weight excluding hydrogens is 448 g/mol. The normalized spacial score (nSPS) is 13.8. The van der Waals surface area contributed by atoms with Crippen molar-refractivity contribution in [3.8, 4) is 0 Å². The van der Waals surface area contributed by atoms with Crippen molar-refractivity contribution in [3.05, 3.63) is 60.1 Å². The molecule has 4 nitrogen and oxygen atoms in total. The van der Waals surface area contributed by atoms with Crippen LogP contribution in [0.4, 0.5) is 0 Å². The van der Waals surface area contributed by atoms with Gasteiger partial charge >= 0.3 is 0 Å². The maximum atomic E-state index is 6.42. The topological polar surface area (TPSA) is 52.6 Å². The summed E-state index contributed by atoms with van der Waals surface area (Å²) in [6, 6.07) is 17.2. The Kier molecular flexibility index (Phi) is 3.42. The number of hydrogen-bond donors (Lipinski definition) is 0. The van der Waals surface area contributed by atoms with Gasteiger partial charge in [-0.3, -0.25) is 0 Å². The van der Waals surface area contributed by atoms with Crippen molar-refractivity contribution >= 4 is 76.6 Å². The molecule has 36 heavy (non-hydrogen) atoms. The second-order valence-corrected chi connectivity index (χ2v) is 12.2. The minimum Gasteiger partial charge on any atom is -0.456 e. The molecule has 178 valence electrons. The fourth-order valence-electron chi connectivity index (χ4n) is 5.69. The van der Waals surface area contributed by atoms with Crippen molar-refractivity contribution in [3.63, 3.8) is 0 Å². The summed E-state index contributed by atoms with van der Waals surface area (Å²) in [5.74, 6) is 1.87. The predicted molar refractivity (Wildman–Crippen MR) is 147 cm³/mol. The van der Waals surface area contributed by atoms with Crippen LogP contribution in [0.3, 0.4) is 0 Å². The lowest BCUT2D eigenvalue weighted by Gasteiger charge is -2.14. The molecule has 0 radical (unpaired) electrons. The van der Waals surface area contributed by atoms with E-state index in [9.17, 15) is 0 Å². The Morgan fingerprint density at radius 1 is 0.444 bits per heavy atom. The summed E-state index contributed by atoms with van der Waals surface area (Å²) in [4.78, 5) is 0. The van der Waals surface area contributed by atoms with Gasteiger partial charge in [-0.05, 0) is 35.0 Å². The van der Waals surface area contributed by atoms with Crippen LogP contribution in [0.1, 0.15) is 53.1 Å². The number of benzene rings is 4. The fourth-order valence-corrected chi connectivity index (χ4v) is 5.69. The van der Waals surface area contributed by atoms with Crippen LogP contribution in [0.2, 0.25) is 0 Å². The molecule has 0 saturated carbocycles. The number of furan rings is 4. The summed E-state index contributed by atoms with van der Waals surface area (Å²) in [5, 5.41) is 8.92. The van der Waals surface area contributed by atoms with Crippen LogP contribution in [0.15, 0.2) is 66.2 Å². The summed E-state index contributed by atoms with van der Waals surface area (Å²) in [7, 11) is 0. The standard InChI is InChI=1S/C32H26O4/c1-31(2,3)23-13-21-29(35-23)19-11-15-7-10-18-26-16(8-9-17(25(15)26)27(19)33-21)12-20-28(18)34-22-14-24(32(4,5)6)36-30(20)22/h7-14H,1-6H3. The molecule has 4 heteroatoms. The van der Waals surface area contributed by atoms with E-state index >= 15 is 0 Å². The maximum absolute atomic E-state index is 6.42. The first-order valence-electron chi connectivity index (χ1n) is 12.5. The van der Waals surface area contributed by atoms with E-state index in [1.807, 2.05) is 12.1 Å². The summed E-state index contributed by atoms with van der Waals surface area (Å²) in [6.45, 7) is 12.9. The Bertz CT molecular complexity index is 2000. The zero-order valence-electron chi connectivity index (χ0n) is 21.3. The van der Waals surface area contributed by atoms with E-state index in [1.165, 1.54) is 10.8 Å². The molecule has 0 N–H and O–H groups in total. The molecule has 8 aromatic rings. The van der Waals surface area contributed by atoms with Gasteiger partial charge in [0.1, 0.15) is 22.7 Å². The molecule has 0 unspecified atom stereocenters. The number of hydrogen-bond acceptors (Lipinski definition) is 4. The zero-order valence-corrected chi connectivity index (χ0v) is 21.3. The lowest BCUT2D eigenvalue weighted by Crippen LogP contribution is -2.08. The average Bonchev–Trinajstić information content (AvgIpc) is 3.55. The van der Waals surface area contributed by atoms with Crippen LogP contribution in [-0.4, -0.2) is 0 Å². The third kappa shape index (κ3) is 2.44. The Hall–Kier alpha value is -3.92. The van der Waals surface area contributed by atoms with Crippen molar-refractivity contribution in [1.29, 1.82) is 0 Å². The van der Waals surface area contributed by atoms with E-state index in [0.29, 0.717) is 0 Å². The maximum Gasteiger partial charge on any atom is 0.180 e. The Balaban J connectivity index is 1.47. The molecule has 0 saturated heterocycles. The van der Waals surface area contributed by atoms with Crippen molar-refractivity contribution in [1.82, 2.24) is 0 Å². The molecule has 0 bridgehead atoms. The summed E-state index contributed by atoms with van der Waals surface area (Å²) >= 11 is 0. The van der Waals surface area contributed by atoms with Gasteiger partial charge in [-0.2, -0.15) is 0 Å². The smallest absolute Gasteiger partial charge is 0.180 e. The summed E-state index contributed by atoms with van der Waals surface area (Å²) in [5.41, 5.74) is 4.83. The first-order valence-corrected chi connectivity index (χ1v) is 12.5. The van der Waals surface area contributed by atoms with Crippen LogP contribution >= 0.6 is 0 Å². The van der Waals surface area contributed by atoms with E-state index in [2.05, 4.69) is 77.9 Å². The molecule has 0 fully saturated rings. The molecule has 4 aromatic carbocycles. The molecule has 4 aromatic heterocycles. The van der Waals surface area contributed by atoms with E-state index in [-0.39, 0.29) is 10.8 Å². The van der Waals surface area contributed by atoms with Gasteiger partial charge in [-0.1, -0.05) is 53.7 Å². The number of fused-ring (bicyclic) bond motifs is 8. The third-order valence-corrected chi connectivity index (χ3v) is 7.59. The quantitative estimate of drug-likeness (QED) is 0.205. The minimum atomic E-state index is -0.0781. The molecule has 8 rings (SSSR count). The van der Waals surface area contributed by atoms with Crippen LogP contribution in [0.5, 0.6) is 0 Å². The highest BCUT2D eigenvalue weighted by atomic mass is 16.4. The predicted octanol–water partition coefficient (Wildman–Crippen LogP) is 10.2. The zero-order chi connectivity index (χ0) is 24.7. The second kappa shape index (κ2) is 6.07. The van der Waals surface area contributed by atoms with Gasteiger partial charge in [0.25, 0.3) is 0 Å². The lowest BCUT2D eigenvalue weighted by molar-refractivity contribution is 0.431.